The Balaban J connectivity index is 1.41. The van der Waals surface area contributed by atoms with Crippen LogP contribution >= 0.6 is 0 Å². The van der Waals surface area contributed by atoms with Crippen LogP contribution in [0.15, 0.2) is 48.7 Å². The number of nitrogens with zero attached hydrogens (tertiary/aromatic N) is 4. The molecule has 0 saturated carbocycles. The van der Waals surface area contributed by atoms with Gasteiger partial charge in [-0.2, -0.15) is 0 Å². The molecule has 0 bridgehead atoms. The van der Waals surface area contributed by atoms with E-state index in [1.165, 1.54) is 11.8 Å². The third-order valence-corrected chi connectivity index (χ3v) is 5.30. The Morgan fingerprint density at radius 3 is 2.38 bits per heavy atom. The molecule has 8 heteroatoms. The van der Waals surface area contributed by atoms with Crippen molar-refractivity contribution in [2.45, 2.75) is 19.4 Å². The monoisotopic (exact) mass is 393 g/mol. The molecule has 2 fully saturated rings. The highest BCUT2D eigenvalue weighted by Gasteiger charge is 2.43. The Labute approximate surface area is 169 Å². The Kier molecular flexibility index (Phi) is 5.26. The molecule has 1 N–H and O–H groups in total. The number of hydrogen-bond donors (Lipinski definition) is 1. The summed E-state index contributed by atoms with van der Waals surface area (Å²) in [4.78, 5) is 46.6. The van der Waals surface area contributed by atoms with E-state index in [0.717, 1.165) is 18.9 Å². The largest absolute Gasteiger partial charge is 0.354 e. The molecule has 2 aliphatic rings. The van der Waals surface area contributed by atoms with Gasteiger partial charge in [0.15, 0.2) is 0 Å². The number of benzene rings is 1. The highest BCUT2D eigenvalue weighted by atomic mass is 16.2. The van der Waals surface area contributed by atoms with Crippen molar-refractivity contribution in [3.05, 3.63) is 48.7 Å². The first-order valence-corrected chi connectivity index (χ1v) is 9.67. The lowest BCUT2D eigenvalue weighted by Gasteiger charge is -2.37. The fourth-order valence-electron chi connectivity index (χ4n) is 3.87. The van der Waals surface area contributed by atoms with E-state index in [1.54, 1.807) is 30.5 Å². The molecule has 1 aromatic carbocycles. The van der Waals surface area contributed by atoms with Crippen molar-refractivity contribution < 1.29 is 14.4 Å². The van der Waals surface area contributed by atoms with Crippen LogP contribution in [0.4, 0.5) is 17.2 Å². The highest BCUT2D eigenvalue weighted by Crippen LogP contribution is 2.27. The molecule has 0 spiro atoms. The van der Waals surface area contributed by atoms with Crippen LogP contribution in [0.5, 0.6) is 0 Å². The van der Waals surface area contributed by atoms with Crippen LogP contribution in [-0.4, -0.2) is 59.8 Å². The first-order chi connectivity index (χ1) is 14.0. The van der Waals surface area contributed by atoms with Crippen molar-refractivity contribution in [1.29, 1.82) is 0 Å². The molecule has 8 nitrogen and oxygen atoms in total. The van der Waals surface area contributed by atoms with E-state index in [0.29, 0.717) is 24.5 Å². The lowest BCUT2D eigenvalue weighted by atomic mass is 10.1. The number of carbonyl (C=O) groups is 3. The van der Waals surface area contributed by atoms with Gasteiger partial charge in [0.1, 0.15) is 5.82 Å². The van der Waals surface area contributed by atoms with Crippen molar-refractivity contribution in [1.82, 2.24) is 9.88 Å². The number of pyridine rings is 1. The van der Waals surface area contributed by atoms with Crippen LogP contribution in [0.1, 0.15) is 13.3 Å². The summed E-state index contributed by atoms with van der Waals surface area (Å²) < 4.78 is 0. The fraction of sp³-hybridized carbons (Fsp3) is 0.333. The Hall–Kier alpha value is -3.26. The average Bonchev–Trinajstić information content (AvgIpc) is 3.03. The summed E-state index contributed by atoms with van der Waals surface area (Å²) in [5.74, 6) is 0.380. The van der Waals surface area contributed by atoms with Crippen LogP contribution in [0, 0.1) is 0 Å². The second kappa shape index (κ2) is 8.00. The van der Waals surface area contributed by atoms with E-state index in [4.69, 9.17) is 0 Å². The van der Waals surface area contributed by atoms with Crippen molar-refractivity contribution in [3.63, 3.8) is 0 Å². The summed E-state index contributed by atoms with van der Waals surface area (Å²) in [6.07, 6.45) is 1.96. The van der Waals surface area contributed by atoms with Gasteiger partial charge in [0.25, 0.3) is 5.91 Å². The molecule has 2 saturated heterocycles. The van der Waals surface area contributed by atoms with Crippen molar-refractivity contribution in [2.75, 3.05) is 41.3 Å². The van der Waals surface area contributed by atoms with E-state index in [2.05, 4.69) is 20.1 Å². The van der Waals surface area contributed by atoms with Crippen molar-refractivity contribution >= 4 is 34.9 Å². The van der Waals surface area contributed by atoms with Crippen molar-refractivity contribution in [2.24, 2.45) is 0 Å². The summed E-state index contributed by atoms with van der Waals surface area (Å²) in [7, 11) is 0. The molecule has 0 aliphatic carbocycles. The van der Waals surface area contributed by atoms with Crippen LogP contribution < -0.4 is 15.1 Å². The summed E-state index contributed by atoms with van der Waals surface area (Å²) in [6, 6.07) is 12.1. The predicted molar refractivity (Wildman–Crippen MR) is 110 cm³/mol. The molecule has 1 atom stereocenters. The van der Waals surface area contributed by atoms with Gasteiger partial charge in [0.05, 0.1) is 18.2 Å². The minimum atomic E-state index is -0.427. The molecule has 4 rings (SSSR count). The topological polar surface area (TPSA) is 85.8 Å². The minimum Gasteiger partial charge on any atom is -0.354 e. The zero-order valence-corrected chi connectivity index (χ0v) is 16.2. The third kappa shape index (κ3) is 3.97. The molecule has 1 aromatic heterocycles. The number of anilines is 3. The van der Waals surface area contributed by atoms with Crippen LogP contribution in [0.25, 0.3) is 0 Å². The maximum atomic E-state index is 13.0. The molecule has 0 unspecified atom stereocenters. The van der Waals surface area contributed by atoms with Gasteiger partial charge in [-0.05, 0) is 36.4 Å². The lowest BCUT2D eigenvalue weighted by molar-refractivity contribution is -0.123. The Morgan fingerprint density at radius 1 is 1.03 bits per heavy atom. The van der Waals surface area contributed by atoms with E-state index in [1.807, 2.05) is 18.2 Å². The number of nitrogens with one attached hydrogen (secondary N) is 1. The maximum Gasteiger partial charge on any atom is 0.251 e. The molecular formula is C21H23N5O3. The van der Waals surface area contributed by atoms with Gasteiger partial charge in [-0.3, -0.25) is 19.3 Å². The minimum absolute atomic E-state index is 0.170. The fourth-order valence-corrected chi connectivity index (χ4v) is 3.87. The van der Waals surface area contributed by atoms with Gasteiger partial charge >= 0.3 is 0 Å². The van der Waals surface area contributed by atoms with Gasteiger partial charge in [0, 0.05) is 45.0 Å². The summed E-state index contributed by atoms with van der Waals surface area (Å²) in [6.45, 7) is 4.37. The average molecular weight is 393 g/mol. The zero-order valence-electron chi connectivity index (χ0n) is 16.2. The number of imide groups is 1. The summed E-state index contributed by atoms with van der Waals surface area (Å²) in [5, 5.41) is 2.68. The molecule has 3 heterocycles. The number of aromatic nitrogens is 1. The van der Waals surface area contributed by atoms with Gasteiger partial charge in [-0.15, -0.1) is 0 Å². The van der Waals surface area contributed by atoms with Crippen LogP contribution in [-0.2, 0) is 14.4 Å². The van der Waals surface area contributed by atoms with Crippen LogP contribution in [0.2, 0.25) is 0 Å². The summed E-state index contributed by atoms with van der Waals surface area (Å²) >= 11 is 0. The predicted octanol–water partition coefficient (Wildman–Crippen LogP) is 1.49. The smallest absolute Gasteiger partial charge is 0.251 e. The standard InChI is InChI=1S/C21H23N5O3/c1-15(27)23-16-5-7-17(8-6-16)26-20(28)14-18(21(26)29)24-10-12-25(13-11-24)19-4-2-3-9-22-19/h2-9,18H,10-14H2,1H3,(H,23,27)/t18-/m0/s1. The second-order valence-electron chi connectivity index (χ2n) is 7.23. The van der Waals surface area contributed by atoms with Gasteiger partial charge in [0.2, 0.25) is 11.8 Å². The Morgan fingerprint density at radius 2 is 1.76 bits per heavy atom. The molecule has 2 aliphatic heterocycles. The third-order valence-electron chi connectivity index (χ3n) is 5.30. The first kappa shape index (κ1) is 19.1. The Bertz CT molecular complexity index is 908. The molecule has 0 radical (unpaired) electrons. The van der Waals surface area contributed by atoms with E-state index >= 15 is 0 Å². The normalized spacial score (nSPS) is 20.2. The number of rotatable bonds is 4. The first-order valence-electron chi connectivity index (χ1n) is 9.67. The van der Waals surface area contributed by atoms with Crippen molar-refractivity contribution in [3.8, 4) is 0 Å². The number of amides is 3. The molecule has 150 valence electrons. The quantitative estimate of drug-likeness (QED) is 0.793. The van der Waals surface area contributed by atoms with Gasteiger partial charge < -0.3 is 10.2 Å². The van der Waals surface area contributed by atoms with E-state index < -0.39 is 6.04 Å². The lowest BCUT2D eigenvalue weighted by Crippen LogP contribution is -2.52. The SMILES string of the molecule is CC(=O)Nc1ccc(N2C(=O)C[C@H](N3CCN(c4ccccn4)CC3)C2=O)cc1. The molecule has 3 amide bonds. The van der Waals surface area contributed by atoms with E-state index in [-0.39, 0.29) is 24.1 Å². The van der Waals surface area contributed by atoms with Gasteiger partial charge in [-0.25, -0.2) is 9.88 Å². The number of carbonyl (C=O) groups excluding carboxylic acids is 3. The van der Waals surface area contributed by atoms with E-state index in [9.17, 15) is 14.4 Å². The van der Waals surface area contributed by atoms with Gasteiger partial charge in [-0.1, -0.05) is 6.07 Å². The summed E-state index contributed by atoms with van der Waals surface area (Å²) in [5.41, 5.74) is 1.16. The maximum absolute atomic E-state index is 13.0. The van der Waals surface area contributed by atoms with Crippen LogP contribution in [0.3, 0.4) is 0 Å². The second-order valence-corrected chi connectivity index (χ2v) is 7.23. The number of hydrogen-bond acceptors (Lipinski definition) is 6. The zero-order chi connectivity index (χ0) is 20.4. The molecular weight excluding hydrogens is 370 g/mol. The highest BCUT2D eigenvalue weighted by molar-refractivity contribution is 6.22. The molecule has 2 aromatic rings. The number of piperazine rings is 1. The molecule has 29 heavy (non-hydrogen) atoms.